The molecule has 4 rings (SSSR count). The lowest BCUT2D eigenvalue weighted by Crippen LogP contribution is -2.52. The SMILES string of the molecule is CS[C@H]1O[C@@H](c2ccc(C)c(Cc3ccc(CCCC(=O)NCCN(C)C[n+]4ccccc4)cc3)c2)[C@H](O)[C@@H](O)[C@@H]1O. The van der Waals surface area contributed by atoms with Crippen molar-refractivity contribution in [3.05, 3.63) is 101 Å². The first-order chi connectivity index (χ1) is 20.2. The number of thioether (sulfide) groups is 1. The zero-order valence-corrected chi connectivity index (χ0v) is 25.5. The molecule has 42 heavy (non-hydrogen) atoms. The van der Waals surface area contributed by atoms with Crippen LogP contribution in [0.1, 0.15) is 46.8 Å². The van der Waals surface area contributed by atoms with E-state index in [-0.39, 0.29) is 5.91 Å². The Labute approximate surface area is 253 Å². The van der Waals surface area contributed by atoms with Crippen molar-refractivity contribution in [1.82, 2.24) is 10.2 Å². The smallest absolute Gasteiger partial charge is 0.220 e. The number of nitrogens with zero attached hydrogens (tertiary/aromatic N) is 2. The van der Waals surface area contributed by atoms with Gasteiger partial charge in [-0.25, -0.2) is 4.90 Å². The van der Waals surface area contributed by atoms with E-state index < -0.39 is 29.9 Å². The maximum atomic E-state index is 12.3. The summed E-state index contributed by atoms with van der Waals surface area (Å²) >= 11 is 1.31. The van der Waals surface area contributed by atoms with Crippen molar-refractivity contribution in [2.45, 2.75) is 69.1 Å². The molecule has 2 heterocycles. The Hall–Kier alpha value is -2.79. The van der Waals surface area contributed by atoms with Gasteiger partial charge < -0.3 is 25.4 Å². The van der Waals surface area contributed by atoms with Crippen molar-refractivity contribution in [1.29, 1.82) is 0 Å². The van der Waals surface area contributed by atoms with Crippen LogP contribution >= 0.6 is 11.8 Å². The van der Waals surface area contributed by atoms with Gasteiger partial charge in [-0.3, -0.25) is 4.79 Å². The number of hydrogen-bond donors (Lipinski definition) is 4. The molecule has 1 saturated heterocycles. The number of likely N-dealkylation sites (N-methyl/N-ethyl adjacent to an activating group) is 1. The number of rotatable bonds is 13. The minimum atomic E-state index is -1.27. The summed E-state index contributed by atoms with van der Waals surface area (Å²) in [7, 11) is 2.04. The molecular formula is C33H44N3O5S+. The van der Waals surface area contributed by atoms with Gasteiger partial charge in [0.2, 0.25) is 12.6 Å². The molecule has 1 aliphatic heterocycles. The number of benzene rings is 2. The lowest BCUT2D eigenvalue weighted by atomic mass is 9.91. The second-order valence-corrected chi connectivity index (χ2v) is 12.1. The summed E-state index contributed by atoms with van der Waals surface area (Å²) < 4.78 is 8.06. The Morgan fingerprint density at radius 3 is 2.43 bits per heavy atom. The maximum Gasteiger partial charge on any atom is 0.220 e. The van der Waals surface area contributed by atoms with Crippen molar-refractivity contribution in [2.24, 2.45) is 0 Å². The van der Waals surface area contributed by atoms with E-state index in [4.69, 9.17) is 4.74 Å². The van der Waals surface area contributed by atoms with E-state index in [9.17, 15) is 20.1 Å². The average Bonchev–Trinajstić information content (AvgIpc) is 2.99. The van der Waals surface area contributed by atoms with Crippen LogP contribution in [0.3, 0.4) is 0 Å². The molecule has 226 valence electrons. The number of aliphatic hydroxyl groups excluding tert-OH is 3. The second-order valence-electron chi connectivity index (χ2n) is 11.1. The number of pyridine rings is 1. The zero-order chi connectivity index (χ0) is 30.1. The zero-order valence-electron chi connectivity index (χ0n) is 24.7. The number of carbonyl (C=O) groups excluding carboxylic acids is 1. The largest absolute Gasteiger partial charge is 0.387 e. The highest BCUT2D eigenvalue weighted by molar-refractivity contribution is 7.99. The molecule has 3 aromatic rings. The number of carbonyl (C=O) groups is 1. The highest BCUT2D eigenvalue weighted by Crippen LogP contribution is 2.36. The third-order valence-electron chi connectivity index (χ3n) is 7.79. The van der Waals surface area contributed by atoms with Gasteiger partial charge in [-0.1, -0.05) is 48.5 Å². The summed E-state index contributed by atoms with van der Waals surface area (Å²) in [6.07, 6.45) is 4.40. The fourth-order valence-electron chi connectivity index (χ4n) is 5.23. The van der Waals surface area contributed by atoms with E-state index in [2.05, 4.69) is 46.0 Å². The van der Waals surface area contributed by atoms with Gasteiger partial charge in [0.05, 0.1) is 0 Å². The fraction of sp³-hybridized carbons (Fsp3) is 0.455. The maximum absolute atomic E-state index is 12.3. The molecule has 1 aliphatic rings. The van der Waals surface area contributed by atoms with Gasteiger partial charge in [-0.2, -0.15) is 4.57 Å². The number of hydrogen-bond acceptors (Lipinski definition) is 7. The predicted octanol–water partition coefficient (Wildman–Crippen LogP) is 2.74. The lowest BCUT2D eigenvalue weighted by Gasteiger charge is -2.40. The van der Waals surface area contributed by atoms with Crippen molar-refractivity contribution in [3.63, 3.8) is 0 Å². The highest BCUT2D eigenvalue weighted by atomic mass is 32.2. The third-order valence-corrected chi connectivity index (χ3v) is 8.64. The molecule has 0 radical (unpaired) electrons. The molecule has 2 aromatic carbocycles. The monoisotopic (exact) mass is 594 g/mol. The minimum absolute atomic E-state index is 0.0840. The number of nitrogens with one attached hydrogen (secondary N) is 1. The molecule has 5 atom stereocenters. The Morgan fingerprint density at radius 2 is 1.71 bits per heavy atom. The molecule has 0 saturated carbocycles. The van der Waals surface area contributed by atoms with Crippen molar-refractivity contribution in [3.8, 4) is 0 Å². The number of aliphatic hydroxyl groups is 3. The van der Waals surface area contributed by atoms with E-state index in [0.717, 1.165) is 54.7 Å². The summed E-state index contributed by atoms with van der Waals surface area (Å²) in [5.41, 5.74) is 4.78. The van der Waals surface area contributed by atoms with E-state index >= 15 is 0 Å². The molecule has 0 unspecified atom stereocenters. The van der Waals surface area contributed by atoms with Crippen LogP contribution in [0.25, 0.3) is 0 Å². The van der Waals surface area contributed by atoms with Crippen LogP contribution in [-0.2, 0) is 29.0 Å². The van der Waals surface area contributed by atoms with Gasteiger partial charge in [0.25, 0.3) is 0 Å². The number of ether oxygens (including phenoxy) is 1. The Bertz CT molecular complexity index is 1270. The summed E-state index contributed by atoms with van der Waals surface area (Å²) in [6, 6.07) is 20.4. The first-order valence-corrected chi connectivity index (χ1v) is 15.8. The van der Waals surface area contributed by atoms with Crippen LogP contribution in [0.4, 0.5) is 0 Å². The molecule has 1 aromatic heterocycles. The van der Waals surface area contributed by atoms with E-state index in [1.165, 1.54) is 17.3 Å². The molecule has 0 bridgehead atoms. The standard InChI is InChI=1S/C33H43N3O5S/c1-23-10-15-26(32-30(39)29(38)31(40)33(41-32)42-3)21-27(23)20-25-13-11-24(12-14-25)8-7-9-28(37)34-16-19-35(2)22-36-17-5-4-6-18-36/h4-6,10-15,17-18,21,29-33,38-40H,7-9,16,19-20,22H2,1-3H3/p+1/t29-,30-,31+,32+,33-/m1/s1. The summed E-state index contributed by atoms with van der Waals surface area (Å²) in [5, 5.41) is 34.2. The number of aromatic nitrogens is 1. The summed E-state index contributed by atoms with van der Waals surface area (Å²) in [5.74, 6) is 0.0840. The Balaban J connectivity index is 1.22. The first kappa shape index (κ1) is 32.1. The topological polar surface area (TPSA) is 106 Å². The van der Waals surface area contributed by atoms with Crippen molar-refractivity contribution in [2.75, 3.05) is 26.4 Å². The highest BCUT2D eigenvalue weighted by Gasteiger charge is 2.44. The molecule has 0 aliphatic carbocycles. The summed E-state index contributed by atoms with van der Waals surface area (Å²) in [6.45, 7) is 4.25. The van der Waals surface area contributed by atoms with Gasteiger partial charge in [-0.05, 0) is 67.3 Å². The van der Waals surface area contributed by atoms with E-state index in [0.29, 0.717) is 13.0 Å². The fourth-order valence-corrected chi connectivity index (χ4v) is 5.90. The minimum Gasteiger partial charge on any atom is -0.387 e. The van der Waals surface area contributed by atoms with Crippen LogP contribution in [-0.4, -0.2) is 76.3 Å². The van der Waals surface area contributed by atoms with E-state index in [1.807, 2.05) is 62.1 Å². The van der Waals surface area contributed by atoms with Crippen LogP contribution in [0.5, 0.6) is 0 Å². The molecule has 1 amide bonds. The molecule has 4 N–H and O–H groups in total. The van der Waals surface area contributed by atoms with Crippen molar-refractivity contribution >= 4 is 17.7 Å². The quantitative estimate of drug-likeness (QED) is 0.226. The summed E-state index contributed by atoms with van der Waals surface area (Å²) in [4.78, 5) is 14.5. The van der Waals surface area contributed by atoms with Crippen LogP contribution in [0, 0.1) is 6.92 Å². The lowest BCUT2D eigenvalue weighted by molar-refractivity contribution is -0.714. The molecular weight excluding hydrogens is 550 g/mol. The van der Waals surface area contributed by atoms with Gasteiger partial charge in [0.1, 0.15) is 29.9 Å². The second kappa shape index (κ2) is 15.6. The van der Waals surface area contributed by atoms with Gasteiger partial charge in [0.15, 0.2) is 12.4 Å². The van der Waals surface area contributed by atoms with E-state index in [1.54, 1.807) is 0 Å². The van der Waals surface area contributed by atoms with Gasteiger partial charge in [0, 0.05) is 31.6 Å². The number of amides is 1. The Kier molecular flexibility index (Phi) is 11.9. The third kappa shape index (κ3) is 8.86. The van der Waals surface area contributed by atoms with Crippen LogP contribution < -0.4 is 9.88 Å². The average molecular weight is 595 g/mol. The molecule has 0 spiro atoms. The predicted molar refractivity (Wildman–Crippen MR) is 165 cm³/mol. The van der Waals surface area contributed by atoms with Gasteiger partial charge in [-0.15, -0.1) is 11.8 Å². The molecule has 1 fully saturated rings. The first-order valence-electron chi connectivity index (χ1n) is 14.5. The Morgan fingerprint density at radius 1 is 1.00 bits per heavy atom. The molecule has 9 heteroatoms. The molecule has 8 nitrogen and oxygen atoms in total. The van der Waals surface area contributed by atoms with Crippen LogP contribution in [0.2, 0.25) is 0 Å². The number of aryl methyl sites for hydroxylation is 2. The normalized spacial score (nSPS) is 22.3. The van der Waals surface area contributed by atoms with Crippen LogP contribution in [0.15, 0.2) is 73.1 Å². The van der Waals surface area contributed by atoms with Crippen molar-refractivity contribution < 1.29 is 29.4 Å². The van der Waals surface area contributed by atoms with Gasteiger partial charge >= 0.3 is 0 Å².